The Kier molecular flexibility index (Phi) is 8.89. The van der Waals surface area contributed by atoms with Crippen molar-refractivity contribution in [3.63, 3.8) is 0 Å². The molecule has 3 aromatic heterocycles. The van der Waals surface area contributed by atoms with Gasteiger partial charge in [0.15, 0.2) is 17.7 Å². The molecule has 224 valence electrons. The number of tetrazole rings is 1. The molecule has 8 nitrogen and oxygen atoms in total. The maximum Gasteiger partial charge on any atom is 0.185 e. The molecule has 0 N–H and O–H groups in total. The average molecular weight is 586 g/mol. The summed E-state index contributed by atoms with van der Waals surface area (Å²) in [7, 11) is 0. The summed E-state index contributed by atoms with van der Waals surface area (Å²) in [4.78, 5) is 10.2. The number of aryl methyl sites for hydroxylation is 2. The van der Waals surface area contributed by atoms with Crippen LogP contribution >= 0.6 is 0 Å². The Bertz CT molecular complexity index is 1840. The second kappa shape index (κ2) is 13.3. The molecule has 6 rings (SSSR count). The maximum atomic E-state index is 5.77. The minimum atomic E-state index is -0.265. The highest BCUT2D eigenvalue weighted by molar-refractivity contribution is 5.80. The largest absolute Gasteiger partial charge is 0.357 e. The van der Waals surface area contributed by atoms with Gasteiger partial charge in [0, 0.05) is 24.3 Å². The fourth-order valence-electron chi connectivity index (χ4n) is 5.74. The van der Waals surface area contributed by atoms with Crippen molar-refractivity contribution in [2.45, 2.75) is 66.2 Å². The quantitative estimate of drug-likeness (QED) is 0.147. The normalized spacial score (nSPS) is 12.2. The summed E-state index contributed by atoms with van der Waals surface area (Å²) in [6.07, 6.45) is 3.73. The first kappa shape index (κ1) is 29.4. The molecule has 44 heavy (non-hydrogen) atoms. The van der Waals surface area contributed by atoms with Gasteiger partial charge in [0.1, 0.15) is 11.3 Å². The zero-order valence-corrected chi connectivity index (χ0v) is 25.9. The van der Waals surface area contributed by atoms with E-state index in [9.17, 15) is 0 Å². The fraction of sp³-hybridized carbons (Fsp3) is 0.306. The van der Waals surface area contributed by atoms with Crippen LogP contribution in [0, 0.1) is 6.92 Å². The van der Waals surface area contributed by atoms with Crippen LogP contribution in [0.15, 0.2) is 84.9 Å². The molecule has 0 bridgehead atoms. The summed E-state index contributed by atoms with van der Waals surface area (Å²) in [5, 5.41) is 12.5. The molecule has 0 saturated carbocycles. The number of ether oxygens (including phenoxy) is 1. The first-order valence-corrected chi connectivity index (χ1v) is 15.5. The summed E-state index contributed by atoms with van der Waals surface area (Å²) in [6, 6.07) is 29.8. The van der Waals surface area contributed by atoms with Crippen LogP contribution < -0.4 is 0 Å². The van der Waals surface area contributed by atoms with Gasteiger partial charge in [-0.25, -0.2) is 9.97 Å². The summed E-state index contributed by atoms with van der Waals surface area (Å²) < 4.78 is 9.81. The van der Waals surface area contributed by atoms with Crippen molar-refractivity contribution in [1.82, 2.24) is 34.7 Å². The molecule has 6 aromatic rings. The van der Waals surface area contributed by atoms with E-state index in [0.717, 1.165) is 65.1 Å². The molecule has 0 saturated heterocycles. The van der Waals surface area contributed by atoms with Gasteiger partial charge in [-0.05, 0) is 77.9 Å². The standard InChI is InChI=1S/C36H39N7O/c1-5-7-17-34-38-33-23-30(22-27-13-9-8-10-14-27)25(3)37-36(33)42(34)24-28-18-20-29(21-19-28)31-15-11-12-16-32(31)35-39-40-41-43(35)26(4)44-6-2/h8-16,18-21,23,26H,5-7,17,22,24H2,1-4H3. The van der Waals surface area contributed by atoms with Gasteiger partial charge in [-0.1, -0.05) is 92.2 Å². The molecular formula is C36H39N7O. The van der Waals surface area contributed by atoms with Crippen molar-refractivity contribution in [1.29, 1.82) is 0 Å². The lowest BCUT2D eigenvalue weighted by Gasteiger charge is -2.15. The Balaban J connectivity index is 1.31. The molecular weight excluding hydrogens is 546 g/mol. The van der Waals surface area contributed by atoms with Crippen LogP contribution in [-0.2, 0) is 24.1 Å². The van der Waals surface area contributed by atoms with Crippen LogP contribution in [0.2, 0.25) is 0 Å². The van der Waals surface area contributed by atoms with Crippen molar-refractivity contribution in [2.75, 3.05) is 6.61 Å². The van der Waals surface area contributed by atoms with E-state index in [0.29, 0.717) is 19.0 Å². The molecule has 0 amide bonds. The average Bonchev–Trinajstić information content (AvgIpc) is 3.66. The zero-order chi connectivity index (χ0) is 30.5. The van der Waals surface area contributed by atoms with Crippen molar-refractivity contribution < 1.29 is 4.74 Å². The van der Waals surface area contributed by atoms with E-state index in [4.69, 9.17) is 14.7 Å². The van der Waals surface area contributed by atoms with E-state index < -0.39 is 0 Å². The summed E-state index contributed by atoms with van der Waals surface area (Å²) in [6.45, 7) is 9.55. The first-order valence-electron chi connectivity index (χ1n) is 15.5. The van der Waals surface area contributed by atoms with Crippen molar-refractivity contribution in [2.24, 2.45) is 0 Å². The Morgan fingerprint density at radius 3 is 2.34 bits per heavy atom. The molecule has 0 aliphatic carbocycles. The molecule has 0 aliphatic heterocycles. The highest BCUT2D eigenvalue weighted by Crippen LogP contribution is 2.32. The van der Waals surface area contributed by atoms with Crippen LogP contribution in [-0.4, -0.2) is 41.3 Å². The number of pyridine rings is 1. The van der Waals surface area contributed by atoms with Crippen molar-refractivity contribution in [3.05, 3.63) is 113 Å². The number of benzene rings is 3. The Morgan fingerprint density at radius 1 is 0.841 bits per heavy atom. The molecule has 0 fully saturated rings. The van der Waals surface area contributed by atoms with Gasteiger partial charge >= 0.3 is 0 Å². The SMILES string of the molecule is CCCCc1nc2cc(Cc3ccccc3)c(C)nc2n1Cc1ccc(-c2ccccc2-c2nnnn2C(C)OCC)cc1. The summed E-state index contributed by atoms with van der Waals surface area (Å²) in [5.74, 6) is 1.78. The third-order valence-corrected chi connectivity index (χ3v) is 8.11. The van der Waals surface area contributed by atoms with Crippen LogP contribution in [0.5, 0.6) is 0 Å². The molecule has 0 spiro atoms. The van der Waals surface area contributed by atoms with Crippen molar-refractivity contribution in [3.8, 4) is 22.5 Å². The van der Waals surface area contributed by atoms with Crippen LogP contribution in [0.3, 0.4) is 0 Å². The molecule has 8 heteroatoms. The topological polar surface area (TPSA) is 83.5 Å². The molecule has 0 aliphatic rings. The van der Waals surface area contributed by atoms with E-state index in [2.05, 4.69) is 107 Å². The van der Waals surface area contributed by atoms with E-state index in [1.807, 2.05) is 26.0 Å². The minimum Gasteiger partial charge on any atom is -0.357 e. The number of unbranched alkanes of at least 4 members (excludes halogenated alkanes) is 1. The second-order valence-electron chi connectivity index (χ2n) is 11.2. The number of hydrogen-bond donors (Lipinski definition) is 0. The second-order valence-corrected chi connectivity index (χ2v) is 11.2. The third-order valence-electron chi connectivity index (χ3n) is 8.11. The van der Waals surface area contributed by atoms with E-state index in [1.165, 1.54) is 16.7 Å². The van der Waals surface area contributed by atoms with Gasteiger partial charge < -0.3 is 9.30 Å². The van der Waals surface area contributed by atoms with Crippen LogP contribution in [0.4, 0.5) is 0 Å². The number of aromatic nitrogens is 7. The van der Waals surface area contributed by atoms with Gasteiger partial charge in [0.25, 0.3) is 0 Å². The predicted molar refractivity (Wildman–Crippen MR) is 174 cm³/mol. The fourth-order valence-corrected chi connectivity index (χ4v) is 5.74. The Morgan fingerprint density at radius 2 is 1.59 bits per heavy atom. The molecule has 1 atom stereocenters. The number of imidazole rings is 1. The van der Waals surface area contributed by atoms with Crippen molar-refractivity contribution >= 4 is 11.2 Å². The Labute approximate surface area is 258 Å². The third kappa shape index (κ3) is 6.17. The monoisotopic (exact) mass is 585 g/mol. The first-order chi connectivity index (χ1) is 21.6. The maximum absolute atomic E-state index is 5.77. The Hall–Kier alpha value is -4.69. The lowest BCUT2D eigenvalue weighted by Crippen LogP contribution is -2.12. The zero-order valence-electron chi connectivity index (χ0n) is 25.9. The smallest absolute Gasteiger partial charge is 0.185 e. The van der Waals surface area contributed by atoms with Gasteiger partial charge in [-0.3, -0.25) is 0 Å². The van der Waals surface area contributed by atoms with Crippen LogP contribution in [0.1, 0.15) is 68.0 Å². The number of hydrogen-bond acceptors (Lipinski definition) is 6. The number of fused-ring (bicyclic) bond motifs is 1. The molecule has 3 aromatic carbocycles. The lowest BCUT2D eigenvalue weighted by molar-refractivity contribution is 0.0159. The predicted octanol–water partition coefficient (Wildman–Crippen LogP) is 7.60. The minimum absolute atomic E-state index is 0.265. The van der Waals surface area contributed by atoms with Gasteiger partial charge in [-0.15, -0.1) is 5.10 Å². The van der Waals surface area contributed by atoms with E-state index in [-0.39, 0.29) is 6.23 Å². The number of rotatable bonds is 12. The summed E-state index contributed by atoms with van der Waals surface area (Å²) in [5.41, 5.74) is 9.81. The van der Waals surface area contributed by atoms with Gasteiger partial charge in [0.2, 0.25) is 0 Å². The number of nitrogens with zero attached hydrogens (tertiary/aromatic N) is 7. The van der Waals surface area contributed by atoms with Gasteiger partial charge in [0.05, 0.1) is 6.54 Å². The van der Waals surface area contributed by atoms with E-state index >= 15 is 0 Å². The van der Waals surface area contributed by atoms with Crippen LogP contribution in [0.25, 0.3) is 33.7 Å². The lowest BCUT2D eigenvalue weighted by atomic mass is 9.98. The summed E-state index contributed by atoms with van der Waals surface area (Å²) >= 11 is 0. The molecule has 1 unspecified atom stereocenters. The van der Waals surface area contributed by atoms with Gasteiger partial charge in [-0.2, -0.15) is 4.68 Å². The highest BCUT2D eigenvalue weighted by Gasteiger charge is 2.19. The molecule has 3 heterocycles. The highest BCUT2D eigenvalue weighted by atomic mass is 16.5. The van der Waals surface area contributed by atoms with E-state index in [1.54, 1.807) is 4.68 Å². The molecule has 0 radical (unpaired) electrons.